The fourth-order valence-electron chi connectivity index (χ4n) is 1.54. The lowest BCUT2D eigenvalue weighted by atomic mass is 10.3. The summed E-state index contributed by atoms with van der Waals surface area (Å²) in [6.07, 6.45) is 0.445. The monoisotopic (exact) mass is 258 g/mol. The molecule has 0 bridgehead atoms. The summed E-state index contributed by atoms with van der Waals surface area (Å²) in [5, 5.41) is 0. The van der Waals surface area contributed by atoms with Crippen LogP contribution < -0.4 is 0 Å². The molecule has 0 fully saturated rings. The van der Waals surface area contributed by atoms with Gasteiger partial charge in [-0.1, -0.05) is 0 Å². The zero-order chi connectivity index (χ0) is 14.1. The van der Waals surface area contributed by atoms with Gasteiger partial charge in [0.15, 0.2) is 0 Å². The fraction of sp³-hybridized carbons (Fsp3) is 0.846. The second-order valence-electron chi connectivity index (χ2n) is 4.49. The number of carbonyl (C=O) groups excluding carboxylic acids is 2. The van der Waals surface area contributed by atoms with Gasteiger partial charge in [-0.15, -0.1) is 0 Å². The van der Waals surface area contributed by atoms with Gasteiger partial charge in [-0.2, -0.15) is 0 Å². The van der Waals surface area contributed by atoms with Crippen LogP contribution in [0.4, 0.5) is 0 Å². The van der Waals surface area contributed by atoms with Crippen molar-refractivity contribution >= 4 is 11.8 Å². The Morgan fingerprint density at radius 1 is 1.11 bits per heavy atom. The highest BCUT2D eigenvalue weighted by Gasteiger charge is 2.16. The molecule has 0 aliphatic heterocycles. The summed E-state index contributed by atoms with van der Waals surface area (Å²) in [6, 6.07) is 0. The molecule has 0 saturated carbocycles. The van der Waals surface area contributed by atoms with Crippen molar-refractivity contribution in [1.82, 2.24) is 9.80 Å². The third kappa shape index (κ3) is 6.59. The van der Waals surface area contributed by atoms with Crippen LogP contribution >= 0.6 is 0 Å². The van der Waals surface area contributed by atoms with Crippen molar-refractivity contribution in [3.05, 3.63) is 0 Å². The van der Waals surface area contributed by atoms with Gasteiger partial charge in [0, 0.05) is 20.1 Å². The molecular weight excluding hydrogens is 232 g/mol. The summed E-state index contributed by atoms with van der Waals surface area (Å²) < 4.78 is 5.31. The van der Waals surface area contributed by atoms with Gasteiger partial charge in [-0.05, 0) is 27.7 Å². The number of carbonyl (C=O) groups is 2. The van der Waals surface area contributed by atoms with E-state index >= 15 is 0 Å². The summed E-state index contributed by atoms with van der Waals surface area (Å²) in [4.78, 5) is 26.7. The maximum Gasteiger partial charge on any atom is 0.242 e. The highest BCUT2D eigenvalue weighted by molar-refractivity contribution is 5.84. The summed E-state index contributed by atoms with van der Waals surface area (Å²) >= 11 is 0. The predicted octanol–water partition coefficient (Wildman–Crippen LogP) is 1.13. The highest BCUT2D eigenvalue weighted by atomic mass is 16.5. The third-order valence-electron chi connectivity index (χ3n) is 2.68. The molecule has 0 radical (unpaired) electrons. The first-order chi connectivity index (χ1) is 8.42. The zero-order valence-electron chi connectivity index (χ0n) is 12.2. The van der Waals surface area contributed by atoms with E-state index in [9.17, 15) is 9.59 Å². The van der Waals surface area contributed by atoms with E-state index in [1.807, 2.05) is 27.7 Å². The maximum atomic E-state index is 11.8. The normalized spacial score (nSPS) is 10.6. The second kappa shape index (κ2) is 8.91. The van der Waals surface area contributed by atoms with Crippen LogP contribution in [0.3, 0.4) is 0 Å². The Morgan fingerprint density at radius 2 is 1.67 bits per heavy atom. The molecule has 0 heterocycles. The molecule has 106 valence electrons. The van der Waals surface area contributed by atoms with Gasteiger partial charge in [0.1, 0.15) is 0 Å². The van der Waals surface area contributed by atoms with Crippen molar-refractivity contribution in [2.24, 2.45) is 0 Å². The Labute approximate surface area is 110 Å². The Morgan fingerprint density at radius 3 is 2.11 bits per heavy atom. The van der Waals surface area contributed by atoms with Crippen LogP contribution in [0.5, 0.6) is 0 Å². The van der Waals surface area contributed by atoms with Crippen LogP contribution in [0.15, 0.2) is 0 Å². The van der Waals surface area contributed by atoms with Gasteiger partial charge >= 0.3 is 0 Å². The lowest BCUT2D eigenvalue weighted by Gasteiger charge is -2.23. The molecule has 0 aliphatic rings. The first-order valence-corrected chi connectivity index (χ1v) is 6.55. The molecule has 0 unspecified atom stereocenters. The van der Waals surface area contributed by atoms with Gasteiger partial charge in [-0.25, -0.2) is 0 Å². The van der Waals surface area contributed by atoms with Gasteiger partial charge < -0.3 is 14.5 Å². The molecule has 0 aliphatic carbocycles. The molecule has 18 heavy (non-hydrogen) atoms. The SMILES string of the molecule is CCN(CC)C(=O)CN(C)C(=O)CCOC(C)C. The van der Waals surface area contributed by atoms with E-state index < -0.39 is 0 Å². The molecule has 0 spiro atoms. The van der Waals surface area contributed by atoms with Crippen LogP contribution in [0, 0.1) is 0 Å². The number of likely N-dealkylation sites (N-methyl/N-ethyl adjacent to an activating group) is 2. The molecule has 0 rings (SSSR count). The summed E-state index contributed by atoms with van der Waals surface area (Å²) in [5.41, 5.74) is 0. The van der Waals surface area contributed by atoms with Crippen LogP contribution in [-0.4, -0.2) is 61.0 Å². The summed E-state index contributed by atoms with van der Waals surface area (Å²) in [5.74, 6) is -0.0724. The van der Waals surface area contributed by atoms with Crippen LogP contribution in [0.25, 0.3) is 0 Å². The predicted molar refractivity (Wildman–Crippen MR) is 71.3 cm³/mol. The topological polar surface area (TPSA) is 49.9 Å². The largest absolute Gasteiger partial charge is 0.378 e. The van der Waals surface area contributed by atoms with Gasteiger partial charge in [-0.3, -0.25) is 9.59 Å². The number of amides is 2. The van der Waals surface area contributed by atoms with Gasteiger partial charge in [0.2, 0.25) is 11.8 Å². The van der Waals surface area contributed by atoms with Crippen molar-refractivity contribution in [1.29, 1.82) is 0 Å². The van der Waals surface area contributed by atoms with Crippen LogP contribution in [0.2, 0.25) is 0 Å². The number of hydrogen-bond acceptors (Lipinski definition) is 3. The number of nitrogens with zero attached hydrogens (tertiary/aromatic N) is 2. The average Bonchev–Trinajstić information content (AvgIpc) is 2.29. The summed E-state index contributed by atoms with van der Waals surface area (Å²) in [6.45, 7) is 9.61. The van der Waals surface area contributed by atoms with E-state index in [2.05, 4.69) is 0 Å². The van der Waals surface area contributed by atoms with E-state index in [4.69, 9.17) is 4.74 Å². The van der Waals surface area contributed by atoms with Crippen molar-refractivity contribution in [2.75, 3.05) is 33.3 Å². The zero-order valence-corrected chi connectivity index (χ0v) is 12.2. The minimum Gasteiger partial charge on any atom is -0.378 e. The number of ether oxygens (including phenoxy) is 1. The van der Waals surface area contributed by atoms with E-state index in [0.29, 0.717) is 26.1 Å². The van der Waals surface area contributed by atoms with E-state index in [-0.39, 0.29) is 24.5 Å². The van der Waals surface area contributed by atoms with Gasteiger partial charge in [0.25, 0.3) is 0 Å². The smallest absolute Gasteiger partial charge is 0.242 e. The Kier molecular flexibility index (Phi) is 8.37. The van der Waals surface area contributed by atoms with Crippen LogP contribution in [-0.2, 0) is 14.3 Å². The lowest BCUT2D eigenvalue weighted by Crippen LogP contribution is -2.41. The first kappa shape index (κ1) is 16.9. The lowest BCUT2D eigenvalue weighted by molar-refractivity contribution is -0.139. The van der Waals surface area contributed by atoms with Crippen molar-refractivity contribution < 1.29 is 14.3 Å². The fourth-order valence-corrected chi connectivity index (χ4v) is 1.54. The molecule has 0 aromatic heterocycles. The van der Waals surface area contributed by atoms with Gasteiger partial charge in [0.05, 0.1) is 25.7 Å². The molecule has 2 amide bonds. The minimum absolute atomic E-state index is 0.0133. The molecule has 0 aromatic carbocycles. The quantitative estimate of drug-likeness (QED) is 0.656. The molecular formula is C13H26N2O3. The first-order valence-electron chi connectivity index (χ1n) is 6.55. The van der Waals surface area contributed by atoms with E-state index in [1.165, 1.54) is 4.90 Å². The number of rotatable bonds is 8. The highest BCUT2D eigenvalue weighted by Crippen LogP contribution is 1.97. The number of hydrogen-bond donors (Lipinski definition) is 0. The molecule has 0 N–H and O–H groups in total. The van der Waals surface area contributed by atoms with E-state index in [1.54, 1.807) is 11.9 Å². The van der Waals surface area contributed by atoms with E-state index in [0.717, 1.165) is 0 Å². The standard InChI is InChI=1S/C13H26N2O3/c1-6-15(7-2)13(17)10-14(5)12(16)8-9-18-11(3)4/h11H,6-10H2,1-5H3. The Bertz CT molecular complexity index is 263. The summed E-state index contributed by atoms with van der Waals surface area (Å²) in [7, 11) is 1.65. The second-order valence-corrected chi connectivity index (χ2v) is 4.49. The Balaban J connectivity index is 4.03. The molecule has 5 nitrogen and oxygen atoms in total. The molecule has 0 atom stereocenters. The molecule has 0 aromatic rings. The minimum atomic E-state index is -0.0591. The maximum absolute atomic E-state index is 11.8. The molecule has 5 heteroatoms. The third-order valence-corrected chi connectivity index (χ3v) is 2.68. The van der Waals surface area contributed by atoms with Crippen molar-refractivity contribution in [3.63, 3.8) is 0 Å². The van der Waals surface area contributed by atoms with Crippen molar-refractivity contribution in [2.45, 2.75) is 40.2 Å². The average molecular weight is 258 g/mol. The van der Waals surface area contributed by atoms with Crippen molar-refractivity contribution in [3.8, 4) is 0 Å². The molecule has 0 saturated heterocycles. The van der Waals surface area contributed by atoms with Crippen LogP contribution in [0.1, 0.15) is 34.1 Å². The Hall–Kier alpha value is -1.10.